The lowest BCUT2D eigenvalue weighted by molar-refractivity contribution is 1.17. The van der Waals surface area contributed by atoms with E-state index in [-0.39, 0.29) is 0 Å². The van der Waals surface area contributed by atoms with E-state index < -0.39 is 0 Å². The summed E-state index contributed by atoms with van der Waals surface area (Å²) in [5, 5.41) is 4.42. The summed E-state index contributed by atoms with van der Waals surface area (Å²) in [6, 6.07) is 10.5. The van der Waals surface area contributed by atoms with Gasteiger partial charge in [0.25, 0.3) is 0 Å². The molecule has 0 aromatic heterocycles. The van der Waals surface area contributed by atoms with Crippen LogP contribution in [0.25, 0.3) is 0 Å². The van der Waals surface area contributed by atoms with Crippen molar-refractivity contribution in [1.29, 1.82) is 0 Å². The van der Waals surface area contributed by atoms with Gasteiger partial charge in [0.15, 0.2) is 0 Å². The van der Waals surface area contributed by atoms with E-state index in [2.05, 4.69) is 35.7 Å². The van der Waals surface area contributed by atoms with E-state index >= 15 is 0 Å². The number of rotatable bonds is 3. The van der Waals surface area contributed by atoms with E-state index in [9.17, 15) is 0 Å². The van der Waals surface area contributed by atoms with Crippen molar-refractivity contribution in [2.24, 2.45) is 0 Å². The Balaban J connectivity index is 1.91. The molecular weight excluding hydrogens is 202 g/mol. The maximum absolute atomic E-state index is 3.23. The molecule has 76 valence electrons. The van der Waals surface area contributed by atoms with Crippen LogP contribution in [0.3, 0.4) is 0 Å². The maximum Gasteiger partial charge on any atom is 0.0724 e. The highest BCUT2D eigenvalue weighted by Crippen LogP contribution is 2.19. The van der Waals surface area contributed by atoms with Gasteiger partial charge in [-0.05, 0) is 17.7 Å². The summed E-state index contributed by atoms with van der Waals surface area (Å²) in [4.78, 5) is 0. The Kier molecular flexibility index (Phi) is 3.69. The van der Waals surface area contributed by atoms with Crippen LogP contribution in [0.2, 0.25) is 0 Å². The van der Waals surface area contributed by atoms with E-state index in [4.69, 9.17) is 0 Å². The molecule has 1 aliphatic heterocycles. The number of allylic oxidation sites excluding steroid dienone is 4. The van der Waals surface area contributed by atoms with Crippen molar-refractivity contribution in [3.63, 3.8) is 0 Å². The molecule has 0 amide bonds. The van der Waals surface area contributed by atoms with Crippen LogP contribution < -0.4 is 5.32 Å². The molecule has 1 nitrogen and oxygen atoms in total. The first-order chi connectivity index (χ1) is 7.45. The van der Waals surface area contributed by atoms with Gasteiger partial charge < -0.3 is 5.32 Å². The Hall–Kier alpha value is -1.41. The largest absolute Gasteiger partial charge is 0.356 e. The van der Waals surface area contributed by atoms with Crippen molar-refractivity contribution in [2.75, 3.05) is 0 Å². The van der Waals surface area contributed by atoms with Crippen LogP contribution in [0.4, 0.5) is 0 Å². The van der Waals surface area contributed by atoms with Gasteiger partial charge in [0, 0.05) is 12.0 Å². The summed E-state index contributed by atoms with van der Waals surface area (Å²) >= 11 is 1.81. The molecule has 0 bridgehead atoms. The molecule has 0 radical (unpaired) electrons. The van der Waals surface area contributed by atoms with E-state index in [0.717, 1.165) is 5.75 Å². The van der Waals surface area contributed by atoms with Gasteiger partial charge in [-0.2, -0.15) is 0 Å². The van der Waals surface area contributed by atoms with Gasteiger partial charge in [-0.25, -0.2) is 0 Å². The van der Waals surface area contributed by atoms with Crippen molar-refractivity contribution >= 4 is 11.8 Å². The fourth-order valence-electron chi connectivity index (χ4n) is 1.27. The third-order valence-electron chi connectivity index (χ3n) is 2.03. The lowest BCUT2D eigenvalue weighted by Gasteiger charge is -2.05. The predicted molar refractivity (Wildman–Crippen MR) is 67.2 cm³/mol. The number of hydrogen-bond acceptors (Lipinski definition) is 2. The minimum absolute atomic E-state index is 1.00. The summed E-state index contributed by atoms with van der Waals surface area (Å²) in [6.07, 6.45) is 10.1. The van der Waals surface area contributed by atoms with Gasteiger partial charge in [-0.15, -0.1) is 11.8 Å². The second kappa shape index (κ2) is 5.47. The second-order valence-electron chi connectivity index (χ2n) is 3.19. The topological polar surface area (TPSA) is 12.0 Å². The molecule has 1 N–H and O–H groups in total. The number of hydrogen-bond donors (Lipinski definition) is 1. The third-order valence-corrected chi connectivity index (χ3v) is 3.07. The molecule has 1 heterocycles. The molecule has 0 unspecified atom stereocenters. The zero-order chi connectivity index (χ0) is 10.3. The van der Waals surface area contributed by atoms with Crippen LogP contribution in [0, 0.1) is 0 Å². The molecule has 15 heavy (non-hydrogen) atoms. The highest BCUT2D eigenvalue weighted by molar-refractivity contribution is 8.02. The summed E-state index contributed by atoms with van der Waals surface area (Å²) in [6.45, 7) is 0. The minimum atomic E-state index is 1.00. The van der Waals surface area contributed by atoms with Gasteiger partial charge >= 0.3 is 0 Å². The quantitative estimate of drug-likeness (QED) is 0.829. The smallest absolute Gasteiger partial charge is 0.0724 e. The predicted octanol–water partition coefficient (Wildman–Crippen LogP) is 3.43. The monoisotopic (exact) mass is 215 g/mol. The van der Waals surface area contributed by atoms with Crippen molar-refractivity contribution in [2.45, 2.75) is 5.75 Å². The Morgan fingerprint density at radius 2 is 1.87 bits per heavy atom. The molecule has 0 fully saturated rings. The molecule has 0 atom stereocenters. The van der Waals surface area contributed by atoms with Crippen LogP contribution in [0.15, 0.2) is 65.9 Å². The van der Waals surface area contributed by atoms with E-state index in [1.54, 1.807) is 0 Å². The number of thioether (sulfide) groups is 1. The molecule has 1 aromatic carbocycles. The van der Waals surface area contributed by atoms with Gasteiger partial charge in [-0.3, -0.25) is 0 Å². The van der Waals surface area contributed by atoms with Crippen LogP contribution in [0.1, 0.15) is 5.56 Å². The molecule has 1 aromatic rings. The molecule has 2 rings (SSSR count). The maximum atomic E-state index is 3.23. The van der Waals surface area contributed by atoms with Crippen LogP contribution in [-0.4, -0.2) is 0 Å². The van der Waals surface area contributed by atoms with E-state index in [0.29, 0.717) is 0 Å². The lowest BCUT2D eigenvalue weighted by atomic mass is 10.2. The van der Waals surface area contributed by atoms with Crippen molar-refractivity contribution in [1.82, 2.24) is 5.32 Å². The molecule has 0 aliphatic carbocycles. The standard InChI is InChI=1S/C13H13NS/c1-3-7-12(8-4-1)11-15-13-9-5-2-6-10-14-13/h1-10,14H,11H2. The third kappa shape index (κ3) is 3.33. The van der Waals surface area contributed by atoms with Gasteiger partial charge in [0.05, 0.1) is 5.03 Å². The summed E-state index contributed by atoms with van der Waals surface area (Å²) in [7, 11) is 0. The average Bonchev–Trinajstić information content (AvgIpc) is 2.56. The average molecular weight is 215 g/mol. The fraction of sp³-hybridized carbons (Fsp3) is 0.0769. The van der Waals surface area contributed by atoms with Gasteiger partial charge in [0.2, 0.25) is 0 Å². The van der Waals surface area contributed by atoms with Crippen LogP contribution in [-0.2, 0) is 5.75 Å². The first-order valence-electron chi connectivity index (χ1n) is 4.92. The molecule has 0 spiro atoms. The van der Waals surface area contributed by atoms with Gasteiger partial charge in [0.1, 0.15) is 0 Å². The minimum Gasteiger partial charge on any atom is -0.356 e. The van der Waals surface area contributed by atoms with Crippen LogP contribution >= 0.6 is 11.8 Å². The fourth-order valence-corrected chi connectivity index (χ4v) is 2.11. The van der Waals surface area contributed by atoms with Crippen molar-refractivity contribution < 1.29 is 0 Å². The lowest BCUT2D eigenvalue weighted by Crippen LogP contribution is -2.00. The molecule has 2 heteroatoms. The molecule has 1 aliphatic rings. The Morgan fingerprint density at radius 3 is 2.73 bits per heavy atom. The highest BCUT2D eigenvalue weighted by atomic mass is 32.2. The first-order valence-corrected chi connectivity index (χ1v) is 5.90. The van der Waals surface area contributed by atoms with Gasteiger partial charge in [-0.1, -0.05) is 42.5 Å². The van der Waals surface area contributed by atoms with E-state index in [1.165, 1.54) is 10.6 Å². The van der Waals surface area contributed by atoms with E-state index in [1.807, 2.05) is 42.3 Å². The highest BCUT2D eigenvalue weighted by Gasteiger charge is 1.97. The Bertz CT molecular complexity index is 390. The van der Waals surface area contributed by atoms with Crippen LogP contribution in [0.5, 0.6) is 0 Å². The van der Waals surface area contributed by atoms with Crippen molar-refractivity contribution in [3.8, 4) is 0 Å². The zero-order valence-electron chi connectivity index (χ0n) is 8.39. The Morgan fingerprint density at radius 1 is 1.00 bits per heavy atom. The SMILES string of the molecule is C1=CC=C(SCc2ccccc2)NC=C1. The normalized spacial score (nSPS) is 14.3. The zero-order valence-corrected chi connectivity index (χ0v) is 9.21. The summed E-state index contributed by atoms with van der Waals surface area (Å²) in [5.41, 5.74) is 1.35. The Labute approximate surface area is 94.6 Å². The summed E-state index contributed by atoms with van der Waals surface area (Å²) in [5.74, 6) is 1.00. The number of nitrogens with one attached hydrogen (secondary N) is 1. The molecular formula is C13H13NS. The molecule has 0 saturated heterocycles. The molecule has 0 saturated carbocycles. The number of benzene rings is 1. The second-order valence-corrected chi connectivity index (χ2v) is 4.21. The first kappa shape index (κ1) is 10.1. The van der Waals surface area contributed by atoms with Crippen molar-refractivity contribution in [3.05, 3.63) is 71.4 Å². The summed E-state index contributed by atoms with van der Waals surface area (Å²) < 4.78 is 0.